The number of ether oxygens (including phenoxy) is 1. The van der Waals surface area contributed by atoms with Crippen molar-refractivity contribution < 1.29 is 14.5 Å². The number of nitro groups is 1. The molecule has 9 heteroatoms. The minimum Gasteiger partial charge on any atom is -0.457 e. The summed E-state index contributed by atoms with van der Waals surface area (Å²) in [5.74, 6) is -0.554. The van der Waals surface area contributed by atoms with Crippen LogP contribution in [0.1, 0.15) is 81.1 Å². The SMILES string of the molecule is C=C/C=C(C)/C(C)=C/N(/C=C/C(=O)OC(C)(C)C)CCCN/C=C/C=C(\C(N)=NC)[N+](=O)[O-].CCC/C=C(\C)CC. The van der Waals surface area contributed by atoms with Crippen molar-refractivity contribution in [1.82, 2.24) is 10.2 Å². The van der Waals surface area contributed by atoms with Gasteiger partial charge in [0.15, 0.2) is 5.84 Å². The highest BCUT2D eigenvalue weighted by molar-refractivity contribution is 5.94. The van der Waals surface area contributed by atoms with Gasteiger partial charge in [-0.05, 0) is 84.2 Å². The van der Waals surface area contributed by atoms with Gasteiger partial charge in [0.2, 0.25) is 0 Å². The quantitative estimate of drug-likeness (QED) is 0.0236. The molecule has 0 aromatic rings. The number of carbonyl (C=O) groups excluding carboxylic acids is 1. The Bertz CT molecular complexity index is 1030. The standard InChI is InChI=1S/C24H37N5O4.C8H16/c1-8-11-19(2)20(3)18-28(17-13-22(30)33-24(4,5)6)16-10-15-27-14-9-12-21(29(31)32)23(25)26-7;1-4-6-7-8(3)5-2/h8-9,11-14,17-18,27H,1,10,15-16H2,2-7H3,(H2,25,26);7H,4-6H2,1-3H3/b14-9+,17-13+,19-11+,20-18+,21-12+;8-7+. The number of unbranched alkanes of at least 4 members (excludes halogenated alkanes) is 1. The van der Waals surface area contributed by atoms with Gasteiger partial charge in [0, 0.05) is 44.7 Å². The lowest BCUT2D eigenvalue weighted by molar-refractivity contribution is -0.415. The molecule has 0 bridgehead atoms. The molecule has 0 saturated carbocycles. The molecule has 3 N–H and O–H groups in total. The average molecular weight is 572 g/mol. The van der Waals surface area contributed by atoms with E-state index in [1.54, 1.807) is 18.5 Å². The van der Waals surface area contributed by atoms with E-state index in [1.165, 1.54) is 50.1 Å². The second-order valence-corrected chi connectivity index (χ2v) is 10.3. The van der Waals surface area contributed by atoms with E-state index in [2.05, 4.69) is 43.7 Å². The van der Waals surface area contributed by atoms with Crippen LogP contribution in [-0.4, -0.2) is 47.4 Å². The molecule has 0 atom stereocenters. The highest BCUT2D eigenvalue weighted by Gasteiger charge is 2.14. The topological polar surface area (TPSA) is 123 Å². The molecule has 0 spiro atoms. The first-order chi connectivity index (χ1) is 19.2. The molecule has 0 unspecified atom stereocenters. The Labute approximate surface area is 248 Å². The fraction of sp³-hybridized carbons (Fsp3) is 0.500. The molecular formula is C32H53N5O4. The van der Waals surface area contributed by atoms with Crippen LogP contribution in [-0.2, 0) is 9.53 Å². The molecule has 0 fully saturated rings. The molecule has 0 radical (unpaired) electrons. The minimum atomic E-state index is -0.584. The maximum atomic E-state index is 12.0. The van der Waals surface area contributed by atoms with Gasteiger partial charge >= 0.3 is 11.7 Å². The Hall–Kier alpha value is -3.88. The Kier molecular flexibility index (Phi) is 21.9. The molecule has 0 aromatic heterocycles. The number of hydrogen-bond donors (Lipinski definition) is 2. The number of rotatable bonds is 16. The van der Waals surface area contributed by atoms with Gasteiger partial charge in [-0.25, -0.2) is 4.79 Å². The normalized spacial score (nSPS) is 13.6. The largest absolute Gasteiger partial charge is 0.457 e. The van der Waals surface area contributed by atoms with Gasteiger partial charge in [-0.1, -0.05) is 50.6 Å². The van der Waals surface area contributed by atoms with Crippen LogP contribution in [0.15, 0.2) is 89.0 Å². The number of nitrogens with zero attached hydrogens (tertiary/aromatic N) is 3. The number of nitrogens with two attached hydrogens (primary N) is 1. The fourth-order valence-corrected chi connectivity index (χ4v) is 2.88. The van der Waals surface area contributed by atoms with E-state index in [1.807, 2.05) is 51.8 Å². The summed E-state index contributed by atoms with van der Waals surface area (Å²) < 4.78 is 5.32. The van der Waals surface area contributed by atoms with Crippen molar-refractivity contribution in [3.63, 3.8) is 0 Å². The van der Waals surface area contributed by atoms with E-state index < -0.39 is 16.5 Å². The van der Waals surface area contributed by atoms with Crippen molar-refractivity contribution in [3.8, 4) is 0 Å². The predicted molar refractivity (Wildman–Crippen MR) is 173 cm³/mol. The van der Waals surface area contributed by atoms with Crippen LogP contribution in [0.3, 0.4) is 0 Å². The Morgan fingerprint density at radius 3 is 2.34 bits per heavy atom. The summed E-state index contributed by atoms with van der Waals surface area (Å²) in [7, 11) is 1.39. The highest BCUT2D eigenvalue weighted by Crippen LogP contribution is 2.12. The van der Waals surface area contributed by atoms with E-state index in [-0.39, 0.29) is 11.5 Å². The summed E-state index contributed by atoms with van der Waals surface area (Å²) >= 11 is 0. The first-order valence-corrected chi connectivity index (χ1v) is 14.0. The van der Waals surface area contributed by atoms with Crippen LogP contribution in [0.25, 0.3) is 0 Å². The number of carbonyl (C=O) groups is 1. The lowest BCUT2D eigenvalue weighted by Crippen LogP contribution is -2.23. The van der Waals surface area contributed by atoms with Crippen molar-refractivity contribution in [2.45, 2.75) is 86.7 Å². The van der Waals surface area contributed by atoms with Crippen molar-refractivity contribution in [3.05, 3.63) is 94.2 Å². The number of hydrogen-bond acceptors (Lipinski definition) is 7. The van der Waals surface area contributed by atoms with E-state index >= 15 is 0 Å². The first-order valence-electron chi connectivity index (χ1n) is 14.0. The third kappa shape index (κ3) is 22.6. The van der Waals surface area contributed by atoms with Crippen LogP contribution >= 0.6 is 0 Å². The number of amidine groups is 1. The van der Waals surface area contributed by atoms with Crippen LogP contribution in [0.2, 0.25) is 0 Å². The summed E-state index contributed by atoms with van der Waals surface area (Å²) in [6.07, 6.45) is 19.9. The second kappa shape index (κ2) is 22.9. The molecule has 0 rings (SSSR count). The summed E-state index contributed by atoms with van der Waals surface area (Å²) in [4.78, 5) is 28.0. The number of nitrogens with one attached hydrogen (secondary N) is 1. The average Bonchev–Trinajstić information content (AvgIpc) is 2.90. The first kappa shape index (κ1) is 39.3. The van der Waals surface area contributed by atoms with Gasteiger partial charge in [-0.2, -0.15) is 0 Å². The molecule has 0 heterocycles. The van der Waals surface area contributed by atoms with E-state index in [9.17, 15) is 14.9 Å². The van der Waals surface area contributed by atoms with Gasteiger partial charge in [0.1, 0.15) is 5.60 Å². The van der Waals surface area contributed by atoms with Gasteiger partial charge in [-0.15, -0.1) is 0 Å². The maximum Gasteiger partial charge on any atom is 0.332 e. The molecule has 0 aliphatic rings. The summed E-state index contributed by atoms with van der Waals surface area (Å²) in [6.45, 7) is 21.0. The number of aliphatic imine (C=N–C) groups is 1. The molecule has 230 valence electrons. The van der Waals surface area contributed by atoms with Gasteiger partial charge in [0.25, 0.3) is 0 Å². The highest BCUT2D eigenvalue weighted by atomic mass is 16.6. The molecule has 0 aliphatic carbocycles. The molecule has 0 aliphatic heterocycles. The van der Waals surface area contributed by atoms with Crippen LogP contribution < -0.4 is 11.1 Å². The minimum absolute atomic E-state index is 0.139. The smallest absolute Gasteiger partial charge is 0.332 e. The lowest BCUT2D eigenvalue weighted by atomic mass is 10.1. The Balaban J connectivity index is 0. The number of allylic oxidation sites excluding steroid dienone is 8. The maximum absolute atomic E-state index is 12.0. The lowest BCUT2D eigenvalue weighted by Gasteiger charge is -2.20. The Morgan fingerprint density at radius 1 is 1.17 bits per heavy atom. The van der Waals surface area contributed by atoms with Crippen LogP contribution in [0.4, 0.5) is 0 Å². The zero-order valence-corrected chi connectivity index (χ0v) is 26.7. The van der Waals surface area contributed by atoms with E-state index in [0.717, 1.165) is 17.6 Å². The predicted octanol–water partition coefficient (Wildman–Crippen LogP) is 6.96. The molecule has 41 heavy (non-hydrogen) atoms. The van der Waals surface area contributed by atoms with Gasteiger partial charge in [-0.3, -0.25) is 15.1 Å². The molecule has 0 saturated heterocycles. The molecule has 0 aromatic carbocycles. The van der Waals surface area contributed by atoms with Crippen molar-refractivity contribution in [1.29, 1.82) is 0 Å². The van der Waals surface area contributed by atoms with Gasteiger partial charge < -0.3 is 20.7 Å². The molecule has 9 nitrogen and oxygen atoms in total. The van der Waals surface area contributed by atoms with E-state index in [0.29, 0.717) is 13.1 Å². The van der Waals surface area contributed by atoms with Crippen molar-refractivity contribution in [2.24, 2.45) is 10.7 Å². The molecule has 0 amide bonds. The van der Waals surface area contributed by atoms with Crippen LogP contribution in [0.5, 0.6) is 0 Å². The second-order valence-electron chi connectivity index (χ2n) is 10.3. The summed E-state index contributed by atoms with van der Waals surface area (Å²) in [6, 6.07) is 0. The zero-order valence-electron chi connectivity index (χ0n) is 26.7. The Morgan fingerprint density at radius 2 is 1.83 bits per heavy atom. The van der Waals surface area contributed by atoms with Gasteiger partial charge in [0.05, 0.1) is 4.92 Å². The summed E-state index contributed by atoms with van der Waals surface area (Å²) in [5.41, 5.74) is 8.29. The van der Waals surface area contributed by atoms with Crippen molar-refractivity contribution >= 4 is 11.8 Å². The monoisotopic (exact) mass is 571 g/mol. The fourth-order valence-electron chi connectivity index (χ4n) is 2.88. The number of esters is 1. The third-order valence-electron chi connectivity index (χ3n) is 5.40. The van der Waals surface area contributed by atoms with Crippen LogP contribution in [0, 0.1) is 10.1 Å². The van der Waals surface area contributed by atoms with E-state index in [4.69, 9.17) is 10.5 Å². The molecular weight excluding hydrogens is 518 g/mol. The van der Waals surface area contributed by atoms with Crippen molar-refractivity contribution in [2.75, 3.05) is 20.1 Å². The summed E-state index contributed by atoms with van der Waals surface area (Å²) in [5, 5.41) is 14.0. The zero-order chi connectivity index (χ0) is 31.8. The third-order valence-corrected chi connectivity index (χ3v) is 5.40.